The van der Waals surface area contributed by atoms with E-state index < -0.39 is 5.41 Å². The van der Waals surface area contributed by atoms with Gasteiger partial charge in [0.1, 0.15) is 0 Å². The van der Waals surface area contributed by atoms with E-state index in [4.69, 9.17) is 11.6 Å². The van der Waals surface area contributed by atoms with Gasteiger partial charge in [0.2, 0.25) is 5.91 Å². The molecule has 0 unspecified atom stereocenters. The van der Waals surface area contributed by atoms with Gasteiger partial charge in [-0.05, 0) is 37.5 Å². The Hall–Kier alpha value is -1.02. The fourth-order valence-electron chi connectivity index (χ4n) is 1.34. The van der Waals surface area contributed by atoms with Crippen molar-refractivity contribution < 1.29 is 4.79 Å². The zero-order valence-corrected chi connectivity index (χ0v) is 11.6. The molecule has 0 aromatic heterocycles. The first-order valence-corrected chi connectivity index (χ1v) is 6.37. The Bertz CT molecular complexity index is 399. The normalized spacial score (nSPS) is 11.6. The number of alkyl halides is 1. The summed E-state index contributed by atoms with van der Waals surface area (Å²) in [6, 6.07) is 7.92. The Morgan fingerprint density at radius 2 is 2.06 bits per heavy atom. The number of rotatable bonds is 4. The molecule has 0 aliphatic heterocycles. The number of amides is 1. The van der Waals surface area contributed by atoms with Gasteiger partial charge in [0.05, 0.1) is 5.41 Å². The SMILES string of the molecule is CC(C)c1cccc(NC(=O)C(C)(C)CCl)c1. The molecular weight excluding hydrogens is 234 g/mol. The number of carbonyl (C=O) groups is 1. The maximum atomic E-state index is 12.0. The van der Waals surface area contributed by atoms with Gasteiger partial charge in [0.25, 0.3) is 0 Å². The molecule has 3 heteroatoms. The van der Waals surface area contributed by atoms with E-state index in [0.29, 0.717) is 11.8 Å². The molecule has 0 fully saturated rings. The summed E-state index contributed by atoms with van der Waals surface area (Å²) in [6.07, 6.45) is 0. The molecule has 1 aromatic carbocycles. The van der Waals surface area contributed by atoms with Crippen molar-refractivity contribution in [2.45, 2.75) is 33.6 Å². The van der Waals surface area contributed by atoms with Crippen LogP contribution in [-0.2, 0) is 4.79 Å². The monoisotopic (exact) mass is 253 g/mol. The minimum Gasteiger partial charge on any atom is -0.326 e. The Balaban J connectivity index is 2.82. The van der Waals surface area contributed by atoms with E-state index in [-0.39, 0.29) is 5.91 Å². The lowest BCUT2D eigenvalue weighted by Crippen LogP contribution is -2.32. The van der Waals surface area contributed by atoms with E-state index in [1.54, 1.807) is 0 Å². The summed E-state index contributed by atoms with van der Waals surface area (Å²) in [4.78, 5) is 12.0. The quantitative estimate of drug-likeness (QED) is 0.807. The van der Waals surface area contributed by atoms with Crippen LogP contribution in [0.1, 0.15) is 39.2 Å². The maximum absolute atomic E-state index is 12.0. The molecule has 0 bridgehead atoms. The van der Waals surface area contributed by atoms with Crippen molar-refractivity contribution in [2.75, 3.05) is 11.2 Å². The van der Waals surface area contributed by atoms with Gasteiger partial charge in [-0.2, -0.15) is 0 Å². The van der Waals surface area contributed by atoms with Gasteiger partial charge < -0.3 is 5.32 Å². The second kappa shape index (κ2) is 5.54. The lowest BCUT2D eigenvalue weighted by molar-refractivity contribution is -0.122. The highest BCUT2D eigenvalue weighted by molar-refractivity contribution is 6.20. The number of hydrogen-bond donors (Lipinski definition) is 1. The van der Waals surface area contributed by atoms with Crippen LogP contribution in [0.3, 0.4) is 0 Å². The van der Waals surface area contributed by atoms with Crippen molar-refractivity contribution in [3.05, 3.63) is 29.8 Å². The maximum Gasteiger partial charge on any atom is 0.231 e. The Kier molecular flexibility index (Phi) is 4.58. The summed E-state index contributed by atoms with van der Waals surface area (Å²) in [7, 11) is 0. The van der Waals surface area contributed by atoms with E-state index in [1.807, 2.05) is 32.0 Å². The molecule has 1 amide bonds. The molecule has 0 atom stereocenters. The molecular formula is C14H20ClNO. The number of halogens is 1. The third-order valence-corrected chi connectivity index (χ3v) is 3.43. The summed E-state index contributed by atoms with van der Waals surface area (Å²) < 4.78 is 0. The van der Waals surface area contributed by atoms with Crippen LogP contribution in [0.4, 0.5) is 5.69 Å². The highest BCUT2D eigenvalue weighted by Crippen LogP contribution is 2.22. The van der Waals surface area contributed by atoms with Crippen molar-refractivity contribution in [3.8, 4) is 0 Å². The summed E-state index contributed by atoms with van der Waals surface area (Å²) >= 11 is 5.78. The van der Waals surface area contributed by atoms with Crippen LogP contribution in [0.2, 0.25) is 0 Å². The molecule has 0 aliphatic rings. The highest BCUT2D eigenvalue weighted by atomic mass is 35.5. The Morgan fingerprint density at radius 3 is 2.59 bits per heavy atom. The van der Waals surface area contributed by atoms with Crippen molar-refractivity contribution >= 4 is 23.2 Å². The molecule has 1 rings (SSSR count). The van der Waals surface area contributed by atoms with Crippen molar-refractivity contribution in [3.63, 3.8) is 0 Å². The molecule has 2 nitrogen and oxygen atoms in total. The van der Waals surface area contributed by atoms with Crippen LogP contribution in [0.15, 0.2) is 24.3 Å². The third kappa shape index (κ3) is 3.74. The molecule has 0 radical (unpaired) electrons. The first kappa shape index (κ1) is 14.0. The second-order valence-electron chi connectivity index (χ2n) is 5.25. The van der Waals surface area contributed by atoms with E-state index in [2.05, 4.69) is 25.2 Å². The van der Waals surface area contributed by atoms with Gasteiger partial charge in [-0.1, -0.05) is 26.0 Å². The summed E-state index contributed by atoms with van der Waals surface area (Å²) in [5.41, 5.74) is 1.50. The van der Waals surface area contributed by atoms with Crippen LogP contribution in [0.5, 0.6) is 0 Å². The van der Waals surface area contributed by atoms with Crippen LogP contribution < -0.4 is 5.32 Å². The van der Waals surface area contributed by atoms with E-state index in [9.17, 15) is 4.79 Å². The van der Waals surface area contributed by atoms with Gasteiger partial charge in [-0.25, -0.2) is 0 Å². The minimum absolute atomic E-state index is 0.0478. The molecule has 94 valence electrons. The average molecular weight is 254 g/mol. The zero-order chi connectivity index (χ0) is 13.1. The molecule has 0 saturated heterocycles. The van der Waals surface area contributed by atoms with E-state index in [1.165, 1.54) is 5.56 Å². The molecule has 1 N–H and O–H groups in total. The van der Waals surface area contributed by atoms with Crippen molar-refractivity contribution in [1.82, 2.24) is 0 Å². The molecule has 0 spiro atoms. The topological polar surface area (TPSA) is 29.1 Å². The second-order valence-corrected chi connectivity index (χ2v) is 5.52. The first-order valence-electron chi connectivity index (χ1n) is 5.84. The molecule has 0 saturated carbocycles. The lowest BCUT2D eigenvalue weighted by atomic mass is 9.95. The Morgan fingerprint density at radius 1 is 1.41 bits per heavy atom. The molecule has 0 aliphatic carbocycles. The van der Waals surface area contributed by atoms with Gasteiger partial charge >= 0.3 is 0 Å². The standard InChI is InChI=1S/C14H20ClNO/c1-10(2)11-6-5-7-12(8-11)16-13(17)14(3,4)9-15/h5-8,10H,9H2,1-4H3,(H,16,17). The third-order valence-electron chi connectivity index (χ3n) is 2.76. The van der Waals surface area contributed by atoms with Gasteiger partial charge in [0.15, 0.2) is 0 Å². The number of hydrogen-bond acceptors (Lipinski definition) is 1. The van der Waals surface area contributed by atoms with Crippen LogP contribution in [0.25, 0.3) is 0 Å². The summed E-state index contributed by atoms with van der Waals surface area (Å²) in [5, 5.41) is 2.90. The van der Waals surface area contributed by atoms with Crippen molar-refractivity contribution in [2.24, 2.45) is 5.41 Å². The fourth-order valence-corrected chi connectivity index (χ4v) is 1.46. The largest absolute Gasteiger partial charge is 0.326 e. The van der Waals surface area contributed by atoms with Gasteiger partial charge in [0, 0.05) is 11.6 Å². The van der Waals surface area contributed by atoms with Crippen LogP contribution in [0, 0.1) is 5.41 Å². The highest BCUT2D eigenvalue weighted by Gasteiger charge is 2.26. The summed E-state index contributed by atoms with van der Waals surface area (Å²) in [6.45, 7) is 7.93. The fraction of sp³-hybridized carbons (Fsp3) is 0.500. The number of anilines is 1. The van der Waals surface area contributed by atoms with Crippen LogP contribution >= 0.6 is 11.6 Å². The van der Waals surface area contributed by atoms with Crippen LogP contribution in [-0.4, -0.2) is 11.8 Å². The molecule has 0 heterocycles. The average Bonchev–Trinajstić information content (AvgIpc) is 2.29. The van der Waals surface area contributed by atoms with E-state index >= 15 is 0 Å². The van der Waals surface area contributed by atoms with Gasteiger partial charge in [-0.15, -0.1) is 11.6 Å². The predicted octanol–water partition coefficient (Wildman–Crippen LogP) is 4.01. The number of benzene rings is 1. The van der Waals surface area contributed by atoms with Crippen molar-refractivity contribution in [1.29, 1.82) is 0 Å². The molecule has 17 heavy (non-hydrogen) atoms. The molecule has 1 aromatic rings. The van der Waals surface area contributed by atoms with E-state index in [0.717, 1.165) is 5.69 Å². The Labute approximate surface area is 108 Å². The predicted molar refractivity (Wildman–Crippen MR) is 73.7 cm³/mol. The number of carbonyl (C=O) groups excluding carboxylic acids is 1. The summed E-state index contributed by atoms with van der Waals surface area (Å²) in [5.74, 6) is 0.712. The first-order chi connectivity index (χ1) is 7.86. The lowest BCUT2D eigenvalue weighted by Gasteiger charge is -2.20. The number of nitrogens with one attached hydrogen (secondary N) is 1. The van der Waals surface area contributed by atoms with Gasteiger partial charge in [-0.3, -0.25) is 4.79 Å². The zero-order valence-electron chi connectivity index (χ0n) is 10.9. The minimum atomic E-state index is -0.546. The smallest absolute Gasteiger partial charge is 0.231 e.